The molecular formula is C10H17NO2. The zero-order chi connectivity index (χ0) is 9.26. The smallest absolute Gasteiger partial charge is 0.410 e. The van der Waals surface area contributed by atoms with Crippen LogP contribution in [-0.2, 0) is 4.74 Å². The Labute approximate surface area is 79.0 Å². The number of rotatable bonds is 2. The minimum atomic E-state index is -0.106. The maximum Gasteiger partial charge on any atom is 0.410 e. The van der Waals surface area contributed by atoms with Gasteiger partial charge >= 0.3 is 6.09 Å². The number of likely N-dealkylation sites (tertiary alicyclic amines) is 1. The van der Waals surface area contributed by atoms with E-state index in [0.717, 1.165) is 19.5 Å². The van der Waals surface area contributed by atoms with Gasteiger partial charge in [0.25, 0.3) is 0 Å². The van der Waals surface area contributed by atoms with E-state index < -0.39 is 0 Å². The molecule has 2 fully saturated rings. The largest absolute Gasteiger partial charge is 0.446 e. The van der Waals surface area contributed by atoms with Crippen LogP contribution in [0.1, 0.15) is 32.6 Å². The van der Waals surface area contributed by atoms with Crippen molar-refractivity contribution in [2.24, 2.45) is 5.92 Å². The SMILES string of the molecule is CC(OC(=O)N1CCC1)C1CCC1. The second-order valence-corrected chi connectivity index (χ2v) is 4.12. The molecule has 2 rings (SSSR count). The van der Waals surface area contributed by atoms with Gasteiger partial charge in [-0.2, -0.15) is 0 Å². The Hall–Kier alpha value is -0.730. The zero-order valence-electron chi connectivity index (χ0n) is 8.16. The number of ether oxygens (including phenoxy) is 1. The van der Waals surface area contributed by atoms with Crippen LogP contribution in [0.3, 0.4) is 0 Å². The van der Waals surface area contributed by atoms with Crippen molar-refractivity contribution in [1.29, 1.82) is 0 Å². The highest BCUT2D eigenvalue weighted by Gasteiger charge is 2.29. The van der Waals surface area contributed by atoms with E-state index in [1.54, 1.807) is 4.90 Å². The Morgan fingerprint density at radius 1 is 1.38 bits per heavy atom. The van der Waals surface area contributed by atoms with Crippen LogP contribution in [0, 0.1) is 5.92 Å². The van der Waals surface area contributed by atoms with Gasteiger partial charge < -0.3 is 9.64 Å². The van der Waals surface area contributed by atoms with E-state index in [0.29, 0.717) is 5.92 Å². The lowest BCUT2D eigenvalue weighted by Gasteiger charge is -2.35. The average molecular weight is 183 g/mol. The summed E-state index contributed by atoms with van der Waals surface area (Å²) in [6.45, 7) is 3.79. The summed E-state index contributed by atoms with van der Waals surface area (Å²) in [6, 6.07) is 0. The predicted octanol–water partition coefficient (Wildman–Crippen LogP) is 2.02. The van der Waals surface area contributed by atoms with Gasteiger partial charge in [-0.05, 0) is 32.1 Å². The first-order valence-corrected chi connectivity index (χ1v) is 5.23. The Morgan fingerprint density at radius 3 is 2.46 bits per heavy atom. The predicted molar refractivity (Wildman–Crippen MR) is 49.5 cm³/mol. The minimum Gasteiger partial charge on any atom is -0.446 e. The molecule has 1 aliphatic carbocycles. The minimum absolute atomic E-state index is 0.106. The molecule has 1 saturated carbocycles. The van der Waals surface area contributed by atoms with Gasteiger partial charge in [-0.1, -0.05) is 6.42 Å². The van der Waals surface area contributed by atoms with Crippen LogP contribution in [-0.4, -0.2) is 30.2 Å². The third-order valence-electron chi connectivity index (χ3n) is 3.21. The van der Waals surface area contributed by atoms with Crippen molar-refractivity contribution in [2.75, 3.05) is 13.1 Å². The molecule has 0 aromatic heterocycles. The summed E-state index contributed by atoms with van der Waals surface area (Å²) in [6.07, 6.45) is 4.92. The molecule has 1 heterocycles. The van der Waals surface area contributed by atoms with Crippen molar-refractivity contribution in [1.82, 2.24) is 4.90 Å². The molecule has 0 N–H and O–H groups in total. The number of carbonyl (C=O) groups is 1. The molecule has 1 aliphatic heterocycles. The number of nitrogens with zero attached hydrogens (tertiary/aromatic N) is 1. The molecule has 74 valence electrons. The quantitative estimate of drug-likeness (QED) is 0.655. The third-order valence-corrected chi connectivity index (χ3v) is 3.21. The summed E-state index contributed by atoms with van der Waals surface area (Å²) in [5.74, 6) is 0.630. The lowest BCUT2D eigenvalue weighted by Crippen LogP contribution is -2.44. The molecular weight excluding hydrogens is 166 g/mol. The fraction of sp³-hybridized carbons (Fsp3) is 0.900. The number of carbonyl (C=O) groups excluding carboxylic acids is 1. The maximum absolute atomic E-state index is 11.4. The van der Waals surface area contributed by atoms with Gasteiger partial charge in [0.15, 0.2) is 0 Å². The van der Waals surface area contributed by atoms with Crippen LogP contribution >= 0.6 is 0 Å². The molecule has 1 atom stereocenters. The van der Waals surface area contributed by atoms with Crippen LogP contribution in [0.5, 0.6) is 0 Å². The molecule has 2 aliphatic rings. The van der Waals surface area contributed by atoms with Gasteiger partial charge in [-0.25, -0.2) is 4.79 Å². The Kier molecular flexibility index (Phi) is 2.42. The molecule has 0 bridgehead atoms. The molecule has 13 heavy (non-hydrogen) atoms. The highest BCUT2D eigenvalue weighted by atomic mass is 16.6. The number of hydrogen-bond acceptors (Lipinski definition) is 2. The van der Waals surface area contributed by atoms with Gasteiger partial charge in [-0.15, -0.1) is 0 Å². The first kappa shape index (κ1) is 8.85. The van der Waals surface area contributed by atoms with E-state index in [4.69, 9.17) is 4.74 Å². The Bertz CT molecular complexity index is 197. The monoisotopic (exact) mass is 183 g/mol. The molecule has 0 aromatic carbocycles. The first-order chi connectivity index (χ1) is 6.27. The highest BCUT2D eigenvalue weighted by Crippen LogP contribution is 2.31. The van der Waals surface area contributed by atoms with Crippen LogP contribution in [0.2, 0.25) is 0 Å². The molecule has 0 aromatic rings. The van der Waals surface area contributed by atoms with Gasteiger partial charge in [0.05, 0.1) is 0 Å². The second-order valence-electron chi connectivity index (χ2n) is 4.12. The van der Waals surface area contributed by atoms with Crippen LogP contribution < -0.4 is 0 Å². The molecule has 0 radical (unpaired) electrons. The van der Waals surface area contributed by atoms with Gasteiger partial charge in [0.2, 0.25) is 0 Å². The topological polar surface area (TPSA) is 29.5 Å². The molecule has 1 amide bonds. The lowest BCUT2D eigenvalue weighted by atomic mass is 9.82. The zero-order valence-corrected chi connectivity index (χ0v) is 8.16. The molecule has 3 heteroatoms. The maximum atomic E-state index is 11.4. The van der Waals surface area contributed by atoms with E-state index in [9.17, 15) is 4.79 Å². The van der Waals surface area contributed by atoms with E-state index in [1.807, 2.05) is 6.92 Å². The molecule has 1 unspecified atom stereocenters. The first-order valence-electron chi connectivity index (χ1n) is 5.23. The third kappa shape index (κ3) is 1.79. The van der Waals surface area contributed by atoms with Crippen LogP contribution in [0.15, 0.2) is 0 Å². The lowest BCUT2D eigenvalue weighted by molar-refractivity contribution is 0.0120. The van der Waals surface area contributed by atoms with Crippen molar-refractivity contribution in [2.45, 2.75) is 38.7 Å². The highest BCUT2D eigenvalue weighted by molar-refractivity contribution is 5.68. The van der Waals surface area contributed by atoms with Crippen molar-refractivity contribution < 1.29 is 9.53 Å². The van der Waals surface area contributed by atoms with Crippen molar-refractivity contribution in [3.63, 3.8) is 0 Å². The molecule has 1 saturated heterocycles. The summed E-state index contributed by atoms with van der Waals surface area (Å²) in [7, 11) is 0. The van der Waals surface area contributed by atoms with Crippen LogP contribution in [0.25, 0.3) is 0 Å². The van der Waals surface area contributed by atoms with E-state index >= 15 is 0 Å². The van der Waals surface area contributed by atoms with Gasteiger partial charge in [0.1, 0.15) is 6.10 Å². The molecule has 3 nitrogen and oxygen atoms in total. The van der Waals surface area contributed by atoms with E-state index in [1.165, 1.54) is 19.3 Å². The fourth-order valence-corrected chi connectivity index (χ4v) is 1.74. The fourth-order valence-electron chi connectivity index (χ4n) is 1.74. The summed E-state index contributed by atoms with van der Waals surface area (Å²) >= 11 is 0. The summed E-state index contributed by atoms with van der Waals surface area (Å²) in [5, 5.41) is 0. The summed E-state index contributed by atoms with van der Waals surface area (Å²) in [4.78, 5) is 13.2. The average Bonchev–Trinajstić information content (AvgIpc) is 1.76. The van der Waals surface area contributed by atoms with Crippen molar-refractivity contribution in [3.05, 3.63) is 0 Å². The molecule has 0 spiro atoms. The second kappa shape index (κ2) is 3.56. The number of hydrogen-bond donors (Lipinski definition) is 0. The van der Waals surface area contributed by atoms with Gasteiger partial charge in [0, 0.05) is 13.1 Å². The summed E-state index contributed by atoms with van der Waals surface area (Å²) < 4.78 is 5.35. The Morgan fingerprint density at radius 2 is 2.08 bits per heavy atom. The van der Waals surface area contributed by atoms with Gasteiger partial charge in [-0.3, -0.25) is 0 Å². The van der Waals surface area contributed by atoms with E-state index in [2.05, 4.69) is 0 Å². The normalized spacial score (nSPS) is 24.5. The standard InChI is InChI=1S/C10H17NO2/c1-8(9-4-2-5-9)13-10(12)11-6-3-7-11/h8-9H,2-7H2,1H3. The van der Waals surface area contributed by atoms with Crippen molar-refractivity contribution >= 4 is 6.09 Å². The van der Waals surface area contributed by atoms with Crippen LogP contribution in [0.4, 0.5) is 4.79 Å². The van der Waals surface area contributed by atoms with E-state index in [-0.39, 0.29) is 12.2 Å². The van der Waals surface area contributed by atoms with Crippen molar-refractivity contribution in [3.8, 4) is 0 Å². The summed E-state index contributed by atoms with van der Waals surface area (Å²) in [5.41, 5.74) is 0. The Balaban J connectivity index is 1.72. The number of amides is 1.